The van der Waals surface area contributed by atoms with E-state index >= 15 is 0 Å². The molecule has 2 aromatic rings. The fraction of sp³-hybridized carbons (Fsp3) is 0. The fourth-order valence-electron chi connectivity index (χ4n) is 1.04. The van der Waals surface area contributed by atoms with Crippen LogP contribution in [0.15, 0.2) is 34.1 Å². The van der Waals surface area contributed by atoms with Gasteiger partial charge < -0.3 is 0 Å². The van der Waals surface area contributed by atoms with Crippen LogP contribution in [-0.2, 0) is 0 Å². The molecule has 0 aliphatic heterocycles. The summed E-state index contributed by atoms with van der Waals surface area (Å²) in [4.78, 5) is 0. The molecule has 0 fully saturated rings. The quantitative estimate of drug-likeness (QED) is 0.758. The molecule has 0 bridgehead atoms. The second-order valence-electron chi connectivity index (χ2n) is 2.53. The summed E-state index contributed by atoms with van der Waals surface area (Å²) in [5, 5.41) is 0.738. The van der Waals surface area contributed by atoms with Crippen molar-refractivity contribution in [3.05, 3.63) is 39.1 Å². The Morgan fingerprint density at radius 3 is 2.77 bits per heavy atom. The molecule has 0 unspecified atom stereocenters. The number of rotatable bonds is 1. The zero-order valence-electron chi connectivity index (χ0n) is 6.50. The first-order valence-electron chi connectivity index (χ1n) is 3.64. The summed E-state index contributed by atoms with van der Waals surface area (Å²) in [5.74, 6) is 0. The first-order chi connectivity index (χ1) is 6.25. The number of hydrogen-bond acceptors (Lipinski definition) is 2. The highest BCUT2D eigenvalue weighted by molar-refractivity contribution is 9.11. The molecule has 4 heteroatoms. The highest BCUT2D eigenvalue weighted by Gasteiger charge is 2.02. The largest absolute Gasteiger partial charge is 0.191 e. The minimum absolute atomic E-state index is 0.738. The van der Waals surface area contributed by atoms with E-state index in [0.29, 0.717) is 0 Å². The molecular formula is C9H5BrClNS. The number of benzene rings is 1. The maximum absolute atomic E-state index is 5.87. The van der Waals surface area contributed by atoms with Gasteiger partial charge in [0, 0.05) is 10.6 Å². The monoisotopic (exact) mass is 273 g/mol. The molecule has 0 atom stereocenters. The van der Waals surface area contributed by atoms with Crippen LogP contribution in [0.25, 0.3) is 11.3 Å². The molecule has 66 valence electrons. The van der Waals surface area contributed by atoms with Gasteiger partial charge in [0.15, 0.2) is 0 Å². The highest BCUT2D eigenvalue weighted by atomic mass is 79.9. The lowest BCUT2D eigenvalue weighted by Crippen LogP contribution is -1.74. The number of aromatic nitrogens is 1. The van der Waals surface area contributed by atoms with Gasteiger partial charge in [-0.1, -0.05) is 23.7 Å². The maximum atomic E-state index is 5.87. The van der Waals surface area contributed by atoms with Crippen LogP contribution in [0.5, 0.6) is 0 Å². The third kappa shape index (κ3) is 2.10. The predicted molar refractivity (Wildman–Crippen MR) is 60.3 cm³/mol. The minimum atomic E-state index is 0.738. The topological polar surface area (TPSA) is 12.9 Å². The molecule has 1 aromatic heterocycles. The maximum Gasteiger partial charge on any atom is 0.0911 e. The van der Waals surface area contributed by atoms with E-state index in [1.54, 1.807) is 0 Å². The minimum Gasteiger partial charge on any atom is -0.191 e. The second kappa shape index (κ2) is 3.78. The van der Waals surface area contributed by atoms with Gasteiger partial charge in [0.1, 0.15) is 0 Å². The first-order valence-corrected chi connectivity index (χ1v) is 5.58. The smallest absolute Gasteiger partial charge is 0.0911 e. The summed E-state index contributed by atoms with van der Waals surface area (Å²) >= 11 is 10.7. The van der Waals surface area contributed by atoms with Crippen molar-refractivity contribution in [1.82, 2.24) is 4.37 Å². The van der Waals surface area contributed by atoms with E-state index < -0.39 is 0 Å². The van der Waals surface area contributed by atoms with Crippen molar-refractivity contribution in [2.75, 3.05) is 0 Å². The van der Waals surface area contributed by atoms with Crippen molar-refractivity contribution in [2.45, 2.75) is 0 Å². The van der Waals surface area contributed by atoms with E-state index in [2.05, 4.69) is 20.3 Å². The Balaban J connectivity index is 2.46. The molecule has 0 radical (unpaired) electrons. The van der Waals surface area contributed by atoms with Gasteiger partial charge in [-0.05, 0) is 45.7 Å². The van der Waals surface area contributed by atoms with Crippen LogP contribution in [0, 0.1) is 0 Å². The van der Waals surface area contributed by atoms with Crippen molar-refractivity contribution in [3.8, 4) is 11.3 Å². The second-order valence-corrected chi connectivity index (χ2v) is 5.15. The molecular weight excluding hydrogens is 270 g/mol. The molecule has 0 amide bonds. The zero-order chi connectivity index (χ0) is 9.26. The van der Waals surface area contributed by atoms with Crippen molar-refractivity contribution in [3.63, 3.8) is 0 Å². The van der Waals surface area contributed by atoms with Gasteiger partial charge in [0.05, 0.1) is 9.48 Å². The fourth-order valence-corrected chi connectivity index (χ4v) is 2.17. The van der Waals surface area contributed by atoms with Crippen LogP contribution < -0.4 is 0 Å². The van der Waals surface area contributed by atoms with E-state index in [-0.39, 0.29) is 0 Å². The van der Waals surface area contributed by atoms with Crippen LogP contribution in [0.3, 0.4) is 0 Å². The Bertz CT molecular complexity index is 427. The van der Waals surface area contributed by atoms with Crippen LogP contribution in [0.4, 0.5) is 0 Å². The van der Waals surface area contributed by atoms with E-state index in [4.69, 9.17) is 11.6 Å². The Kier molecular flexibility index (Phi) is 2.67. The standard InChI is InChI=1S/C9H5BrClNS/c10-9-5-8(12-13-9)6-2-1-3-7(11)4-6/h1-5H. The van der Waals surface area contributed by atoms with Gasteiger partial charge in [0.25, 0.3) is 0 Å². The molecule has 0 N–H and O–H groups in total. The van der Waals surface area contributed by atoms with Crippen molar-refractivity contribution in [2.24, 2.45) is 0 Å². The lowest BCUT2D eigenvalue weighted by Gasteiger charge is -1.95. The normalized spacial score (nSPS) is 10.3. The molecule has 0 saturated heterocycles. The van der Waals surface area contributed by atoms with E-state index in [0.717, 1.165) is 20.1 Å². The average Bonchev–Trinajstić information content (AvgIpc) is 2.52. The molecule has 13 heavy (non-hydrogen) atoms. The molecule has 0 aliphatic carbocycles. The van der Waals surface area contributed by atoms with Crippen LogP contribution in [0.2, 0.25) is 5.02 Å². The highest BCUT2D eigenvalue weighted by Crippen LogP contribution is 2.26. The summed E-state index contributed by atoms with van der Waals surface area (Å²) in [6, 6.07) is 9.66. The number of hydrogen-bond donors (Lipinski definition) is 0. The first kappa shape index (κ1) is 9.19. The number of halogens is 2. The molecule has 1 nitrogen and oxygen atoms in total. The lowest BCUT2D eigenvalue weighted by molar-refractivity contribution is 1.52. The Hall–Kier alpha value is -0.380. The Labute approximate surface area is 93.7 Å². The summed E-state index contributed by atoms with van der Waals surface area (Å²) in [5.41, 5.74) is 2.01. The molecule has 1 aromatic carbocycles. The third-order valence-corrected chi connectivity index (χ3v) is 3.08. The van der Waals surface area contributed by atoms with Gasteiger partial charge in [0.2, 0.25) is 0 Å². The number of nitrogens with zero attached hydrogens (tertiary/aromatic N) is 1. The molecule has 2 rings (SSSR count). The van der Waals surface area contributed by atoms with Crippen molar-refractivity contribution >= 4 is 39.1 Å². The molecule has 0 spiro atoms. The van der Waals surface area contributed by atoms with Gasteiger partial charge in [-0.3, -0.25) is 0 Å². The van der Waals surface area contributed by atoms with Gasteiger partial charge in [-0.15, -0.1) is 0 Å². The summed E-state index contributed by atoms with van der Waals surface area (Å²) in [6.45, 7) is 0. The van der Waals surface area contributed by atoms with Gasteiger partial charge in [-0.2, -0.15) is 4.37 Å². The summed E-state index contributed by atoms with van der Waals surface area (Å²) < 4.78 is 5.29. The van der Waals surface area contributed by atoms with E-state index in [1.165, 1.54) is 11.5 Å². The Morgan fingerprint density at radius 2 is 2.15 bits per heavy atom. The summed E-state index contributed by atoms with van der Waals surface area (Å²) in [6.07, 6.45) is 0. The van der Waals surface area contributed by atoms with Crippen molar-refractivity contribution in [1.29, 1.82) is 0 Å². The van der Waals surface area contributed by atoms with Crippen LogP contribution >= 0.6 is 39.1 Å². The predicted octanol–water partition coefficient (Wildman–Crippen LogP) is 4.23. The molecule has 0 saturated carbocycles. The van der Waals surface area contributed by atoms with Crippen LogP contribution in [-0.4, -0.2) is 4.37 Å². The molecule has 0 aliphatic rings. The lowest BCUT2D eigenvalue weighted by atomic mass is 10.2. The average molecular weight is 275 g/mol. The van der Waals surface area contributed by atoms with Crippen LogP contribution in [0.1, 0.15) is 0 Å². The van der Waals surface area contributed by atoms with Crippen molar-refractivity contribution < 1.29 is 0 Å². The van der Waals surface area contributed by atoms with Gasteiger partial charge >= 0.3 is 0 Å². The molecule has 1 heterocycles. The summed E-state index contributed by atoms with van der Waals surface area (Å²) in [7, 11) is 0. The van der Waals surface area contributed by atoms with Gasteiger partial charge in [-0.25, -0.2) is 0 Å². The third-order valence-electron chi connectivity index (χ3n) is 1.60. The van der Waals surface area contributed by atoms with E-state index in [1.807, 2.05) is 30.3 Å². The SMILES string of the molecule is Clc1cccc(-c2cc(Br)sn2)c1. The van der Waals surface area contributed by atoms with E-state index in [9.17, 15) is 0 Å². The Morgan fingerprint density at radius 1 is 1.31 bits per heavy atom. The zero-order valence-corrected chi connectivity index (χ0v) is 9.66.